The van der Waals surface area contributed by atoms with Crippen molar-refractivity contribution in [1.29, 1.82) is 0 Å². The predicted octanol–water partition coefficient (Wildman–Crippen LogP) is 2.90. The van der Waals surface area contributed by atoms with Crippen LogP contribution in [0.4, 0.5) is 5.69 Å². The predicted molar refractivity (Wildman–Crippen MR) is 108 cm³/mol. The van der Waals surface area contributed by atoms with Crippen molar-refractivity contribution in [3.8, 4) is 17.0 Å². The topological polar surface area (TPSA) is 64.4 Å². The van der Waals surface area contributed by atoms with Gasteiger partial charge in [-0.3, -0.25) is 14.2 Å². The number of carbonyl (C=O) groups excluding carboxylic acids is 1. The van der Waals surface area contributed by atoms with Gasteiger partial charge in [0.25, 0.3) is 5.56 Å². The molecule has 0 aliphatic carbocycles. The molecule has 0 saturated heterocycles. The quantitative estimate of drug-likeness (QED) is 0.703. The molecule has 6 nitrogen and oxygen atoms in total. The fourth-order valence-electron chi connectivity index (χ4n) is 3.63. The van der Waals surface area contributed by atoms with Gasteiger partial charge in [0.15, 0.2) is 0 Å². The standard InChI is InChI=1S/C22H21N3O3/c1-15-11-17-5-3-4-6-20(17)25(15)22(27)13-24-14-23-19(12-21(24)26)16-7-9-18(28-2)10-8-16/h3-10,12,14-15H,11,13H2,1-2H3/t15-/m0/s1. The fraction of sp³-hybridized carbons (Fsp3) is 0.227. The van der Waals surface area contributed by atoms with E-state index in [0.29, 0.717) is 5.69 Å². The van der Waals surface area contributed by atoms with Crippen LogP contribution < -0.4 is 15.2 Å². The lowest BCUT2D eigenvalue weighted by Gasteiger charge is -2.23. The lowest BCUT2D eigenvalue weighted by molar-refractivity contribution is -0.119. The molecule has 6 heteroatoms. The lowest BCUT2D eigenvalue weighted by atomic mass is 10.1. The van der Waals surface area contributed by atoms with E-state index < -0.39 is 0 Å². The number of methoxy groups -OCH3 is 1. The van der Waals surface area contributed by atoms with Crippen molar-refractivity contribution in [1.82, 2.24) is 9.55 Å². The van der Waals surface area contributed by atoms with Gasteiger partial charge in [0.1, 0.15) is 12.3 Å². The van der Waals surface area contributed by atoms with Gasteiger partial charge in [0, 0.05) is 23.4 Å². The summed E-state index contributed by atoms with van der Waals surface area (Å²) in [6, 6.07) is 16.7. The molecule has 0 spiro atoms. The average molecular weight is 375 g/mol. The zero-order chi connectivity index (χ0) is 19.7. The third kappa shape index (κ3) is 3.29. The van der Waals surface area contributed by atoms with E-state index in [1.54, 1.807) is 12.0 Å². The maximum Gasteiger partial charge on any atom is 0.254 e. The first-order valence-electron chi connectivity index (χ1n) is 9.17. The molecule has 4 rings (SSSR count). The van der Waals surface area contributed by atoms with Crippen molar-refractivity contribution >= 4 is 11.6 Å². The Morgan fingerprint density at radius 3 is 2.64 bits per heavy atom. The SMILES string of the molecule is COc1ccc(-c2cc(=O)n(CC(=O)N3c4ccccc4C[C@@H]3C)cn2)cc1. The minimum atomic E-state index is -0.255. The van der Waals surface area contributed by atoms with E-state index in [4.69, 9.17) is 4.74 Å². The number of aromatic nitrogens is 2. The third-order valence-corrected chi connectivity index (χ3v) is 5.05. The first kappa shape index (κ1) is 18.0. The second kappa shape index (κ2) is 7.31. The van der Waals surface area contributed by atoms with Gasteiger partial charge < -0.3 is 9.64 Å². The number of nitrogens with zero attached hydrogens (tertiary/aromatic N) is 3. The van der Waals surface area contributed by atoms with E-state index in [-0.39, 0.29) is 24.1 Å². The highest BCUT2D eigenvalue weighted by atomic mass is 16.5. The zero-order valence-corrected chi connectivity index (χ0v) is 15.8. The molecule has 0 saturated carbocycles. The van der Waals surface area contributed by atoms with Crippen LogP contribution in [0.5, 0.6) is 5.75 Å². The molecule has 0 radical (unpaired) electrons. The number of amides is 1. The smallest absolute Gasteiger partial charge is 0.254 e. The van der Waals surface area contributed by atoms with Crippen molar-refractivity contribution in [3.05, 3.63) is 76.8 Å². The Morgan fingerprint density at radius 1 is 1.18 bits per heavy atom. The van der Waals surface area contributed by atoms with E-state index in [9.17, 15) is 9.59 Å². The highest BCUT2D eigenvalue weighted by molar-refractivity contribution is 5.96. The molecule has 0 fully saturated rings. The Morgan fingerprint density at radius 2 is 1.93 bits per heavy atom. The number of anilines is 1. The number of hydrogen-bond donors (Lipinski definition) is 0. The molecule has 0 unspecified atom stereocenters. The van der Waals surface area contributed by atoms with Crippen LogP contribution in [0.3, 0.4) is 0 Å². The number of para-hydroxylation sites is 1. The van der Waals surface area contributed by atoms with Crippen LogP contribution in [0.1, 0.15) is 12.5 Å². The normalized spacial score (nSPS) is 15.4. The molecule has 3 aromatic rings. The number of carbonyl (C=O) groups is 1. The molecular weight excluding hydrogens is 354 g/mol. The van der Waals surface area contributed by atoms with Gasteiger partial charge in [-0.1, -0.05) is 18.2 Å². The zero-order valence-electron chi connectivity index (χ0n) is 15.8. The van der Waals surface area contributed by atoms with Gasteiger partial charge in [-0.05, 0) is 49.2 Å². The minimum Gasteiger partial charge on any atom is -0.497 e. The molecule has 0 bridgehead atoms. The van der Waals surface area contributed by atoms with E-state index in [0.717, 1.165) is 29.0 Å². The van der Waals surface area contributed by atoms with E-state index >= 15 is 0 Å². The summed E-state index contributed by atoms with van der Waals surface area (Å²) in [4.78, 5) is 31.6. The van der Waals surface area contributed by atoms with Crippen LogP contribution in [0.15, 0.2) is 65.7 Å². The fourth-order valence-corrected chi connectivity index (χ4v) is 3.63. The number of benzene rings is 2. The summed E-state index contributed by atoms with van der Waals surface area (Å²) >= 11 is 0. The van der Waals surface area contributed by atoms with E-state index in [2.05, 4.69) is 4.98 Å². The van der Waals surface area contributed by atoms with Gasteiger partial charge in [0.2, 0.25) is 5.91 Å². The molecule has 1 atom stereocenters. The molecule has 2 aromatic carbocycles. The third-order valence-electron chi connectivity index (χ3n) is 5.05. The van der Waals surface area contributed by atoms with E-state index in [1.165, 1.54) is 17.0 Å². The van der Waals surface area contributed by atoms with Crippen LogP contribution in [-0.2, 0) is 17.8 Å². The summed E-state index contributed by atoms with van der Waals surface area (Å²) in [5.74, 6) is 0.626. The van der Waals surface area contributed by atoms with Crippen LogP contribution in [0.25, 0.3) is 11.3 Å². The first-order valence-corrected chi connectivity index (χ1v) is 9.17. The molecule has 142 valence electrons. The summed E-state index contributed by atoms with van der Waals surface area (Å²) < 4.78 is 6.50. The Labute approximate surface area is 163 Å². The highest BCUT2D eigenvalue weighted by Crippen LogP contribution is 2.31. The summed E-state index contributed by atoms with van der Waals surface area (Å²) in [7, 11) is 1.60. The number of rotatable bonds is 4. The molecular formula is C22H21N3O3. The van der Waals surface area contributed by atoms with Crippen molar-refractivity contribution in [2.24, 2.45) is 0 Å². The van der Waals surface area contributed by atoms with Crippen LogP contribution in [0.2, 0.25) is 0 Å². The molecule has 0 N–H and O–H groups in total. The molecule has 1 aromatic heterocycles. The van der Waals surface area contributed by atoms with Gasteiger partial charge >= 0.3 is 0 Å². The second-order valence-corrected chi connectivity index (χ2v) is 6.91. The Hall–Kier alpha value is -3.41. The molecule has 1 aliphatic rings. The second-order valence-electron chi connectivity index (χ2n) is 6.91. The lowest BCUT2D eigenvalue weighted by Crippen LogP contribution is -2.39. The number of fused-ring (bicyclic) bond motifs is 1. The van der Waals surface area contributed by atoms with E-state index in [1.807, 2.05) is 55.5 Å². The van der Waals surface area contributed by atoms with Gasteiger partial charge in [-0.25, -0.2) is 4.98 Å². The van der Waals surface area contributed by atoms with Crippen molar-refractivity contribution in [2.45, 2.75) is 25.9 Å². The van der Waals surface area contributed by atoms with Crippen molar-refractivity contribution < 1.29 is 9.53 Å². The van der Waals surface area contributed by atoms with Gasteiger partial charge in [-0.15, -0.1) is 0 Å². The minimum absolute atomic E-state index is 0.0343. The van der Waals surface area contributed by atoms with Crippen molar-refractivity contribution in [2.75, 3.05) is 12.0 Å². The Bertz CT molecular complexity index is 1070. The average Bonchev–Trinajstić information content (AvgIpc) is 3.05. The van der Waals surface area contributed by atoms with Gasteiger partial charge in [-0.2, -0.15) is 0 Å². The van der Waals surface area contributed by atoms with Crippen LogP contribution >= 0.6 is 0 Å². The largest absolute Gasteiger partial charge is 0.497 e. The number of hydrogen-bond acceptors (Lipinski definition) is 4. The monoisotopic (exact) mass is 375 g/mol. The molecule has 28 heavy (non-hydrogen) atoms. The summed E-state index contributed by atoms with van der Waals surface area (Å²) in [5, 5.41) is 0. The molecule has 1 amide bonds. The molecule has 2 heterocycles. The maximum absolute atomic E-state index is 12.9. The summed E-state index contributed by atoms with van der Waals surface area (Å²) in [6.45, 7) is 1.99. The maximum atomic E-state index is 12.9. The van der Waals surface area contributed by atoms with Gasteiger partial charge in [0.05, 0.1) is 19.1 Å². The Kier molecular flexibility index (Phi) is 4.69. The molecule has 1 aliphatic heterocycles. The van der Waals surface area contributed by atoms with Crippen molar-refractivity contribution in [3.63, 3.8) is 0 Å². The van der Waals surface area contributed by atoms with Crippen LogP contribution in [0, 0.1) is 0 Å². The summed E-state index contributed by atoms with van der Waals surface area (Å²) in [5.41, 5.74) is 3.21. The highest BCUT2D eigenvalue weighted by Gasteiger charge is 2.30. The Balaban J connectivity index is 1.55. The first-order chi connectivity index (χ1) is 13.6. The van der Waals surface area contributed by atoms with Crippen LogP contribution in [-0.4, -0.2) is 28.6 Å². The summed E-state index contributed by atoms with van der Waals surface area (Å²) in [6.07, 6.45) is 2.26. The number of ether oxygens (including phenoxy) is 1.